The van der Waals surface area contributed by atoms with Crippen LogP contribution in [0.15, 0.2) is 182 Å². The van der Waals surface area contributed by atoms with Crippen molar-refractivity contribution in [3.63, 3.8) is 0 Å². The zero-order valence-corrected chi connectivity index (χ0v) is 27.7. The van der Waals surface area contributed by atoms with Gasteiger partial charge < -0.3 is 4.74 Å². The molecule has 1 heteroatoms. The largest absolute Gasteiger partial charge is 0.455 e. The highest BCUT2D eigenvalue weighted by Crippen LogP contribution is 2.52. The molecule has 0 radical (unpaired) electrons. The Balaban J connectivity index is 1.02. The minimum atomic E-state index is 0.912. The van der Waals surface area contributed by atoms with E-state index >= 15 is 0 Å². The van der Waals surface area contributed by atoms with Gasteiger partial charge in [0, 0.05) is 16.5 Å². The smallest absolute Gasteiger partial charge is 0.143 e. The van der Waals surface area contributed by atoms with Gasteiger partial charge in [-0.3, -0.25) is 0 Å². The van der Waals surface area contributed by atoms with E-state index in [0.717, 1.165) is 28.2 Å². The summed E-state index contributed by atoms with van der Waals surface area (Å²) in [7, 11) is 0. The molecule has 236 valence electrons. The summed E-state index contributed by atoms with van der Waals surface area (Å²) in [6.45, 7) is 0. The maximum absolute atomic E-state index is 6.86. The molecule has 1 aliphatic heterocycles. The van der Waals surface area contributed by atoms with E-state index in [1.165, 1.54) is 81.7 Å². The van der Waals surface area contributed by atoms with Gasteiger partial charge in [-0.2, -0.15) is 0 Å². The van der Waals surface area contributed by atoms with Crippen molar-refractivity contribution in [1.82, 2.24) is 0 Å². The third-order valence-corrected chi connectivity index (χ3v) is 10.8. The fraction of sp³-hybridized carbons (Fsp3) is 0. The predicted molar refractivity (Wildman–Crippen MR) is 216 cm³/mol. The van der Waals surface area contributed by atoms with E-state index < -0.39 is 0 Å². The SMILES string of the molecule is c1cc(-c2cccc(-c3cccc4c3Oc3cc5ccccc5c5cccc-4c35)c2)cc(-c2ccc3c4ccccc4c4ccccc4c3c2)c1. The molecule has 0 aliphatic carbocycles. The molecule has 0 atom stereocenters. The second-order valence-corrected chi connectivity index (χ2v) is 13.6. The van der Waals surface area contributed by atoms with E-state index in [1.807, 2.05) is 0 Å². The molecule has 0 aromatic heterocycles. The summed E-state index contributed by atoms with van der Waals surface area (Å²) < 4.78 is 6.86. The number of rotatable bonds is 3. The van der Waals surface area contributed by atoms with Gasteiger partial charge >= 0.3 is 0 Å². The Bertz CT molecular complexity index is 3020. The lowest BCUT2D eigenvalue weighted by Crippen LogP contribution is -1.99. The molecule has 10 aromatic carbocycles. The van der Waals surface area contributed by atoms with Crippen LogP contribution in [0.25, 0.3) is 98.4 Å². The Hall–Kier alpha value is -6.70. The van der Waals surface area contributed by atoms with E-state index in [0.29, 0.717) is 0 Å². The number of ether oxygens (including phenoxy) is 1. The number of hydrogen-bond acceptors (Lipinski definition) is 1. The molecule has 0 unspecified atom stereocenters. The molecular weight excluding hydrogens is 617 g/mol. The molecule has 11 rings (SSSR count). The van der Waals surface area contributed by atoms with Crippen LogP contribution in [0.4, 0.5) is 0 Å². The van der Waals surface area contributed by atoms with Crippen LogP contribution < -0.4 is 4.74 Å². The fourth-order valence-corrected chi connectivity index (χ4v) is 8.46. The molecule has 10 aromatic rings. The molecule has 0 amide bonds. The van der Waals surface area contributed by atoms with Crippen LogP contribution in [0.5, 0.6) is 11.5 Å². The highest BCUT2D eigenvalue weighted by atomic mass is 16.5. The van der Waals surface area contributed by atoms with Crippen molar-refractivity contribution >= 4 is 53.9 Å². The Labute approximate surface area is 295 Å². The lowest BCUT2D eigenvalue weighted by Gasteiger charge is -2.24. The number of benzene rings is 10. The third kappa shape index (κ3) is 4.28. The normalized spacial score (nSPS) is 12.1. The second kappa shape index (κ2) is 10.9. The quantitative estimate of drug-likeness (QED) is 0.174. The van der Waals surface area contributed by atoms with Crippen LogP contribution in [-0.2, 0) is 0 Å². The van der Waals surface area contributed by atoms with E-state index in [-0.39, 0.29) is 0 Å². The maximum Gasteiger partial charge on any atom is 0.143 e. The van der Waals surface area contributed by atoms with Gasteiger partial charge in [0.25, 0.3) is 0 Å². The molecule has 0 spiro atoms. The van der Waals surface area contributed by atoms with Gasteiger partial charge in [-0.1, -0.05) is 158 Å². The monoisotopic (exact) mass is 646 g/mol. The minimum absolute atomic E-state index is 0.912. The highest BCUT2D eigenvalue weighted by Gasteiger charge is 2.24. The molecule has 0 saturated carbocycles. The van der Waals surface area contributed by atoms with Gasteiger partial charge in [-0.05, 0) is 106 Å². The maximum atomic E-state index is 6.86. The molecule has 1 aliphatic rings. The zero-order valence-electron chi connectivity index (χ0n) is 27.7. The first-order valence-electron chi connectivity index (χ1n) is 17.6. The van der Waals surface area contributed by atoms with Gasteiger partial charge in [0.15, 0.2) is 0 Å². The van der Waals surface area contributed by atoms with Crippen molar-refractivity contribution in [2.75, 3.05) is 0 Å². The lowest BCUT2D eigenvalue weighted by atomic mass is 9.89. The first kappa shape index (κ1) is 28.2. The zero-order chi connectivity index (χ0) is 33.5. The third-order valence-electron chi connectivity index (χ3n) is 10.8. The van der Waals surface area contributed by atoms with Crippen molar-refractivity contribution in [3.8, 4) is 56.0 Å². The number of fused-ring (bicyclic) bond motifs is 10. The van der Waals surface area contributed by atoms with Gasteiger partial charge in [0.2, 0.25) is 0 Å². The summed E-state index contributed by atoms with van der Waals surface area (Å²) in [5.41, 5.74) is 9.35. The Morgan fingerprint density at radius 2 is 0.765 bits per heavy atom. The molecule has 0 saturated heterocycles. The fourth-order valence-electron chi connectivity index (χ4n) is 8.46. The van der Waals surface area contributed by atoms with E-state index in [4.69, 9.17) is 4.74 Å². The van der Waals surface area contributed by atoms with Crippen LogP contribution in [0.1, 0.15) is 0 Å². The van der Waals surface area contributed by atoms with Crippen LogP contribution in [-0.4, -0.2) is 0 Å². The standard InChI is InChI=1S/C50H30O/c1-2-16-37-36(11-1)30-48-49-44(37)22-10-23-45(49)46-24-9-21-38(50(46)51-48)35-15-8-14-33(28-35)31-12-7-13-32(27-31)34-25-26-43-41-19-4-3-17-39(41)40-18-5-6-20-42(40)47(43)29-34/h1-30H. The first-order valence-corrected chi connectivity index (χ1v) is 17.6. The molecule has 0 N–H and O–H groups in total. The van der Waals surface area contributed by atoms with E-state index in [2.05, 4.69) is 182 Å². The van der Waals surface area contributed by atoms with Gasteiger partial charge in [-0.15, -0.1) is 0 Å². The molecule has 1 nitrogen and oxygen atoms in total. The summed E-state index contributed by atoms with van der Waals surface area (Å²) in [6.07, 6.45) is 0. The molecule has 0 fully saturated rings. The van der Waals surface area contributed by atoms with E-state index in [1.54, 1.807) is 0 Å². The number of para-hydroxylation sites is 1. The Morgan fingerprint density at radius 1 is 0.275 bits per heavy atom. The molecule has 1 heterocycles. The van der Waals surface area contributed by atoms with Crippen LogP contribution in [0.3, 0.4) is 0 Å². The van der Waals surface area contributed by atoms with Crippen LogP contribution >= 0.6 is 0 Å². The van der Waals surface area contributed by atoms with Gasteiger partial charge in [0.05, 0.1) is 0 Å². The van der Waals surface area contributed by atoms with Crippen LogP contribution in [0, 0.1) is 0 Å². The molecule has 51 heavy (non-hydrogen) atoms. The van der Waals surface area contributed by atoms with Gasteiger partial charge in [-0.25, -0.2) is 0 Å². The van der Waals surface area contributed by atoms with E-state index in [9.17, 15) is 0 Å². The summed E-state index contributed by atoms with van der Waals surface area (Å²) in [4.78, 5) is 0. The highest BCUT2D eigenvalue weighted by molar-refractivity contribution is 6.25. The summed E-state index contributed by atoms with van der Waals surface area (Å²) >= 11 is 0. The Morgan fingerprint density at radius 3 is 1.49 bits per heavy atom. The average molecular weight is 647 g/mol. The minimum Gasteiger partial charge on any atom is -0.455 e. The van der Waals surface area contributed by atoms with Crippen molar-refractivity contribution in [3.05, 3.63) is 182 Å². The van der Waals surface area contributed by atoms with Crippen molar-refractivity contribution in [2.24, 2.45) is 0 Å². The topological polar surface area (TPSA) is 9.23 Å². The second-order valence-electron chi connectivity index (χ2n) is 13.6. The van der Waals surface area contributed by atoms with Crippen molar-refractivity contribution < 1.29 is 4.74 Å². The van der Waals surface area contributed by atoms with Crippen molar-refractivity contribution in [1.29, 1.82) is 0 Å². The van der Waals surface area contributed by atoms with Gasteiger partial charge in [0.1, 0.15) is 11.5 Å². The van der Waals surface area contributed by atoms with Crippen molar-refractivity contribution in [2.45, 2.75) is 0 Å². The molecular formula is C50H30O. The number of hydrogen-bond donors (Lipinski definition) is 0. The first-order chi connectivity index (χ1) is 25.3. The summed E-state index contributed by atoms with van der Waals surface area (Å²) in [5.74, 6) is 1.83. The van der Waals surface area contributed by atoms with Crippen LogP contribution in [0.2, 0.25) is 0 Å². The summed E-state index contributed by atoms with van der Waals surface area (Å²) in [5, 5.41) is 12.6. The molecule has 0 bridgehead atoms. The summed E-state index contributed by atoms with van der Waals surface area (Å²) in [6, 6.07) is 66.2. The lowest BCUT2D eigenvalue weighted by molar-refractivity contribution is 0.489. The Kier molecular flexibility index (Phi) is 6.02. The predicted octanol–water partition coefficient (Wildman–Crippen LogP) is 14.2. The average Bonchev–Trinajstić information content (AvgIpc) is 3.21.